The van der Waals surface area contributed by atoms with E-state index in [2.05, 4.69) is 13.8 Å². The third kappa shape index (κ3) is 4.78. The quantitative estimate of drug-likeness (QED) is 0.511. The number of nitrogens with zero attached hydrogens (tertiary/aromatic N) is 1. The third-order valence-electron chi connectivity index (χ3n) is 5.03. The van der Waals surface area contributed by atoms with E-state index >= 15 is 0 Å². The van der Waals surface area contributed by atoms with E-state index in [0.717, 1.165) is 27.9 Å². The van der Waals surface area contributed by atoms with Gasteiger partial charge >= 0.3 is 5.97 Å². The van der Waals surface area contributed by atoms with E-state index in [4.69, 9.17) is 5.11 Å². The van der Waals surface area contributed by atoms with E-state index in [0.29, 0.717) is 0 Å². The molecule has 30 heavy (non-hydrogen) atoms. The van der Waals surface area contributed by atoms with Crippen molar-refractivity contribution in [3.8, 4) is 11.3 Å². The molecule has 0 aliphatic rings. The average Bonchev–Trinajstić information content (AvgIpc) is 3.00. The zero-order chi connectivity index (χ0) is 21.8. The highest BCUT2D eigenvalue weighted by Crippen LogP contribution is 2.37. The van der Waals surface area contributed by atoms with Gasteiger partial charge in [-0.05, 0) is 53.4 Å². The zero-order valence-electron chi connectivity index (χ0n) is 17.0. The van der Waals surface area contributed by atoms with E-state index in [1.165, 1.54) is 12.1 Å². The molecule has 0 spiro atoms. The fourth-order valence-electron chi connectivity index (χ4n) is 3.78. The Bertz CT molecular complexity index is 1050. The van der Waals surface area contributed by atoms with Gasteiger partial charge in [-0.1, -0.05) is 32.1 Å². The maximum Gasteiger partial charge on any atom is 0.305 e. The van der Waals surface area contributed by atoms with Crippen molar-refractivity contribution in [3.63, 3.8) is 0 Å². The van der Waals surface area contributed by atoms with Gasteiger partial charge in [-0.25, -0.2) is 4.39 Å². The summed E-state index contributed by atoms with van der Waals surface area (Å²) >= 11 is 0. The highest BCUT2D eigenvalue weighted by molar-refractivity contribution is 5.83. The second-order valence-corrected chi connectivity index (χ2v) is 7.71. The Balaban J connectivity index is 2.08. The van der Waals surface area contributed by atoms with Crippen LogP contribution in [0.5, 0.6) is 0 Å². The number of pyridine rings is 1. The van der Waals surface area contributed by atoms with Crippen LogP contribution in [0.25, 0.3) is 22.9 Å². The van der Waals surface area contributed by atoms with Gasteiger partial charge in [-0.2, -0.15) is 0 Å². The van der Waals surface area contributed by atoms with Crippen molar-refractivity contribution in [2.75, 3.05) is 0 Å². The number of benzene rings is 1. The van der Waals surface area contributed by atoms with Gasteiger partial charge in [0, 0.05) is 23.7 Å². The Kier molecular flexibility index (Phi) is 6.70. The molecule has 0 amide bonds. The molecule has 0 aliphatic heterocycles. The van der Waals surface area contributed by atoms with Crippen molar-refractivity contribution >= 4 is 17.6 Å². The van der Waals surface area contributed by atoms with Crippen molar-refractivity contribution in [3.05, 3.63) is 71.7 Å². The molecule has 0 saturated carbocycles. The number of hydrogen-bond donors (Lipinski definition) is 3. The molecular formula is C24H26FNO4. The number of hydrogen-bond acceptors (Lipinski definition) is 3. The van der Waals surface area contributed by atoms with Crippen LogP contribution < -0.4 is 0 Å². The number of carbonyl (C=O) groups is 1. The normalized spacial score (nSPS) is 13.9. The van der Waals surface area contributed by atoms with Crippen molar-refractivity contribution < 1.29 is 24.5 Å². The van der Waals surface area contributed by atoms with Crippen LogP contribution in [0.1, 0.15) is 43.7 Å². The van der Waals surface area contributed by atoms with Gasteiger partial charge in [0.15, 0.2) is 0 Å². The van der Waals surface area contributed by atoms with E-state index < -0.39 is 24.6 Å². The first-order chi connectivity index (χ1) is 14.3. The number of carboxylic acid groups (broad SMARTS) is 1. The molecule has 3 rings (SSSR count). The molecule has 3 N–H and O–H groups in total. The molecule has 0 bridgehead atoms. The van der Waals surface area contributed by atoms with Crippen LogP contribution in [0.2, 0.25) is 0 Å². The predicted molar refractivity (Wildman–Crippen MR) is 115 cm³/mol. The van der Waals surface area contributed by atoms with Crippen molar-refractivity contribution in [2.24, 2.45) is 0 Å². The van der Waals surface area contributed by atoms with Gasteiger partial charge in [0.25, 0.3) is 0 Å². The van der Waals surface area contributed by atoms with E-state index in [9.17, 15) is 19.4 Å². The second-order valence-electron chi connectivity index (χ2n) is 7.71. The van der Waals surface area contributed by atoms with Gasteiger partial charge in [-0.3, -0.25) is 4.79 Å². The molecule has 2 unspecified atom stereocenters. The summed E-state index contributed by atoms with van der Waals surface area (Å²) in [4.78, 5) is 10.7. The van der Waals surface area contributed by atoms with Gasteiger partial charge in [0.05, 0.1) is 24.3 Å². The molecule has 2 heterocycles. The van der Waals surface area contributed by atoms with Crippen LogP contribution >= 0.6 is 0 Å². The lowest BCUT2D eigenvalue weighted by Gasteiger charge is -2.12. The minimum Gasteiger partial charge on any atom is -0.481 e. The monoisotopic (exact) mass is 411 g/mol. The van der Waals surface area contributed by atoms with E-state index in [1.54, 1.807) is 24.3 Å². The molecule has 1 aromatic carbocycles. The third-order valence-corrected chi connectivity index (χ3v) is 5.03. The van der Waals surface area contributed by atoms with Gasteiger partial charge in [0.1, 0.15) is 5.82 Å². The molecule has 3 aromatic rings. The second kappa shape index (κ2) is 9.24. The number of aliphatic carboxylic acids is 1. The van der Waals surface area contributed by atoms with Crippen LogP contribution in [-0.2, 0) is 4.79 Å². The van der Waals surface area contributed by atoms with Crippen LogP contribution in [-0.4, -0.2) is 37.9 Å². The molecule has 0 radical (unpaired) electrons. The molecule has 0 saturated heterocycles. The van der Waals surface area contributed by atoms with Crippen LogP contribution in [0.3, 0.4) is 0 Å². The Morgan fingerprint density at radius 2 is 1.83 bits per heavy atom. The molecule has 5 nitrogen and oxygen atoms in total. The lowest BCUT2D eigenvalue weighted by Crippen LogP contribution is -2.19. The predicted octanol–water partition coefficient (Wildman–Crippen LogP) is 4.47. The summed E-state index contributed by atoms with van der Waals surface area (Å²) in [5.74, 6) is -1.24. The minimum absolute atomic E-state index is 0.0704. The number of carboxylic acids is 1. The summed E-state index contributed by atoms with van der Waals surface area (Å²) in [5, 5.41) is 28.9. The fourth-order valence-corrected chi connectivity index (χ4v) is 3.78. The summed E-state index contributed by atoms with van der Waals surface area (Å²) in [6, 6.07) is 12.2. The lowest BCUT2D eigenvalue weighted by atomic mass is 9.95. The SMILES string of the molecule is CC(C)c1c(C=CC(O)CC(O)CC(=O)O)c(-c2ccc(F)cc2)n2ccccc12. The standard InChI is InChI=1S/C24H26FNO4/c1-15(2)23-20(11-10-18(27)13-19(28)14-22(29)30)24(16-6-8-17(25)9-7-16)26-12-4-3-5-21(23)26/h3-12,15,18-19,27-28H,13-14H2,1-2H3,(H,29,30). The van der Waals surface area contributed by atoms with Gasteiger partial charge in [0.2, 0.25) is 0 Å². The average molecular weight is 411 g/mol. The smallest absolute Gasteiger partial charge is 0.305 e. The fraction of sp³-hybridized carbons (Fsp3) is 0.292. The van der Waals surface area contributed by atoms with E-state index in [1.807, 2.05) is 28.8 Å². The summed E-state index contributed by atoms with van der Waals surface area (Å²) < 4.78 is 15.5. The number of rotatable bonds is 8. The summed E-state index contributed by atoms with van der Waals surface area (Å²) in [6.45, 7) is 4.17. The highest BCUT2D eigenvalue weighted by Gasteiger charge is 2.20. The Hall–Kier alpha value is -2.96. The number of aliphatic hydroxyl groups is 2. The first kappa shape index (κ1) is 21.7. The zero-order valence-corrected chi connectivity index (χ0v) is 17.0. The van der Waals surface area contributed by atoms with Crippen molar-refractivity contribution in [1.29, 1.82) is 0 Å². The maximum absolute atomic E-state index is 13.5. The number of fused-ring (bicyclic) bond motifs is 1. The van der Waals surface area contributed by atoms with Crippen molar-refractivity contribution in [1.82, 2.24) is 4.40 Å². The lowest BCUT2D eigenvalue weighted by molar-refractivity contribution is -0.139. The van der Waals surface area contributed by atoms with E-state index in [-0.39, 0.29) is 18.2 Å². The Morgan fingerprint density at radius 3 is 2.47 bits per heavy atom. The molecule has 0 aliphatic carbocycles. The van der Waals surface area contributed by atoms with Crippen LogP contribution in [0.15, 0.2) is 54.7 Å². The molecule has 2 aromatic heterocycles. The first-order valence-electron chi connectivity index (χ1n) is 9.93. The maximum atomic E-state index is 13.5. The molecule has 6 heteroatoms. The number of halogens is 1. The first-order valence-corrected chi connectivity index (χ1v) is 9.93. The van der Waals surface area contributed by atoms with Gasteiger partial charge in [-0.15, -0.1) is 0 Å². The molecular weight excluding hydrogens is 385 g/mol. The summed E-state index contributed by atoms with van der Waals surface area (Å²) in [5.41, 5.74) is 4.72. The van der Waals surface area contributed by atoms with Crippen LogP contribution in [0, 0.1) is 5.82 Å². The Morgan fingerprint density at radius 1 is 1.13 bits per heavy atom. The summed E-state index contributed by atoms with van der Waals surface area (Å²) in [6.07, 6.45) is 2.71. The minimum atomic E-state index is -1.13. The van der Waals surface area contributed by atoms with Crippen molar-refractivity contribution in [2.45, 2.75) is 44.8 Å². The Labute approximate surface area is 174 Å². The molecule has 158 valence electrons. The molecule has 0 fully saturated rings. The topological polar surface area (TPSA) is 82.2 Å². The number of aromatic nitrogens is 1. The van der Waals surface area contributed by atoms with Crippen LogP contribution in [0.4, 0.5) is 4.39 Å². The number of aliphatic hydroxyl groups excluding tert-OH is 2. The molecule has 2 atom stereocenters. The largest absolute Gasteiger partial charge is 0.481 e. The van der Waals surface area contributed by atoms with Gasteiger partial charge < -0.3 is 19.7 Å². The highest BCUT2D eigenvalue weighted by atomic mass is 19.1. The summed E-state index contributed by atoms with van der Waals surface area (Å²) in [7, 11) is 0.